The molecule has 3 heteroatoms. The summed E-state index contributed by atoms with van der Waals surface area (Å²) in [6.07, 6.45) is 3.84. The van der Waals surface area contributed by atoms with Crippen LogP contribution < -0.4 is 5.32 Å². The minimum Gasteiger partial charge on any atom is -0.312 e. The molecule has 1 heterocycles. The Morgan fingerprint density at radius 1 is 1.39 bits per heavy atom. The third-order valence-electron chi connectivity index (χ3n) is 3.99. The van der Waals surface area contributed by atoms with Crippen LogP contribution in [-0.4, -0.2) is 31.1 Å². The zero-order valence-electron chi connectivity index (χ0n) is 11.3. The van der Waals surface area contributed by atoms with Gasteiger partial charge in [0.25, 0.3) is 0 Å². The predicted octanol–water partition coefficient (Wildman–Crippen LogP) is 2.96. The normalized spacial score (nSPS) is 22.9. The third kappa shape index (κ3) is 3.09. The van der Waals surface area contributed by atoms with Crippen molar-refractivity contribution in [1.29, 1.82) is 0 Å². The molecule has 0 saturated carbocycles. The number of hydrogen-bond donors (Lipinski definition) is 1. The van der Waals surface area contributed by atoms with Gasteiger partial charge < -0.3 is 5.32 Å². The van der Waals surface area contributed by atoms with Crippen molar-refractivity contribution in [3.8, 4) is 0 Å². The third-order valence-corrected chi connectivity index (χ3v) is 3.99. The number of nitrogens with zero attached hydrogens (tertiary/aromatic N) is 1. The van der Waals surface area contributed by atoms with E-state index in [9.17, 15) is 4.39 Å². The molecule has 1 aromatic carbocycles. The van der Waals surface area contributed by atoms with E-state index in [0.717, 1.165) is 18.7 Å². The van der Waals surface area contributed by atoms with Gasteiger partial charge in [-0.2, -0.15) is 0 Å². The number of piperidine rings is 1. The zero-order valence-corrected chi connectivity index (χ0v) is 11.3. The van der Waals surface area contributed by atoms with Gasteiger partial charge in [-0.1, -0.05) is 24.6 Å². The molecule has 0 aromatic heterocycles. The molecule has 0 spiro atoms. The molecule has 1 aliphatic rings. The largest absolute Gasteiger partial charge is 0.312 e. The van der Waals surface area contributed by atoms with Crippen LogP contribution in [0.5, 0.6) is 0 Å². The van der Waals surface area contributed by atoms with Crippen LogP contribution in [0.4, 0.5) is 4.39 Å². The van der Waals surface area contributed by atoms with Crippen molar-refractivity contribution < 1.29 is 4.39 Å². The minimum absolute atomic E-state index is 0.0757. The number of likely N-dealkylation sites (N-methyl/N-ethyl adjacent to an activating group) is 1. The van der Waals surface area contributed by atoms with Crippen molar-refractivity contribution in [3.05, 3.63) is 35.6 Å². The lowest BCUT2D eigenvalue weighted by molar-refractivity contribution is 0.145. The smallest absolute Gasteiger partial charge is 0.128 e. The highest BCUT2D eigenvalue weighted by atomic mass is 19.1. The SMILES string of the molecule is CNC(CN1CCCCC1C)c1ccccc1F. The lowest BCUT2D eigenvalue weighted by Crippen LogP contribution is -2.42. The Kier molecular flexibility index (Phi) is 4.72. The van der Waals surface area contributed by atoms with E-state index >= 15 is 0 Å². The maximum atomic E-state index is 13.8. The fourth-order valence-corrected chi connectivity index (χ4v) is 2.77. The maximum Gasteiger partial charge on any atom is 0.128 e. The molecule has 0 amide bonds. The molecule has 1 N–H and O–H groups in total. The van der Waals surface area contributed by atoms with Crippen LogP contribution >= 0.6 is 0 Å². The van der Waals surface area contributed by atoms with Crippen molar-refractivity contribution in [3.63, 3.8) is 0 Å². The zero-order chi connectivity index (χ0) is 13.0. The first-order chi connectivity index (χ1) is 8.72. The summed E-state index contributed by atoms with van der Waals surface area (Å²) in [5.41, 5.74) is 0.776. The van der Waals surface area contributed by atoms with E-state index < -0.39 is 0 Å². The van der Waals surface area contributed by atoms with E-state index in [0.29, 0.717) is 6.04 Å². The van der Waals surface area contributed by atoms with E-state index in [-0.39, 0.29) is 11.9 Å². The fourth-order valence-electron chi connectivity index (χ4n) is 2.77. The van der Waals surface area contributed by atoms with Crippen molar-refractivity contribution in [2.45, 2.75) is 38.3 Å². The van der Waals surface area contributed by atoms with Crippen LogP contribution in [0.15, 0.2) is 24.3 Å². The highest BCUT2D eigenvalue weighted by Crippen LogP contribution is 2.22. The topological polar surface area (TPSA) is 15.3 Å². The second kappa shape index (κ2) is 6.30. The van der Waals surface area contributed by atoms with Gasteiger partial charge in [0.2, 0.25) is 0 Å². The molecule has 0 bridgehead atoms. The van der Waals surface area contributed by atoms with E-state index in [1.54, 1.807) is 12.1 Å². The summed E-state index contributed by atoms with van der Waals surface area (Å²) in [5.74, 6) is -0.110. The van der Waals surface area contributed by atoms with Gasteiger partial charge in [-0.25, -0.2) is 4.39 Å². The van der Waals surface area contributed by atoms with Crippen molar-refractivity contribution >= 4 is 0 Å². The van der Waals surface area contributed by atoms with E-state index in [1.807, 2.05) is 19.2 Å². The second-order valence-electron chi connectivity index (χ2n) is 5.20. The van der Waals surface area contributed by atoms with Crippen molar-refractivity contribution in [1.82, 2.24) is 10.2 Å². The van der Waals surface area contributed by atoms with Gasteiger partial charge >= 0.3 is 0 Å². The first-order valence-electron chi connectivity index (χ1n) is 6.88. The summed E-state index contributed by atoms with van der Waals surface area (Å²) in [6.45, 7) is 4.29. The molecule has 1 aromatic rings. The van der Waals surface area contributed by atoms with Gasteiger partial charge in [0, 0.05) is 24.2 Å². The van der Waals surface area contributed by atoms with Crippen LogP contribution in [0.25, 0.3) is 0 Å². The summed E-state index contributed by atoms with van der Waals surface area (Å²) >= 11 is 0. The molecule has 2 atom stereocenters. The fraction of sp³-hybridized carbons (Fsp3) is 0.600. The van der Waals surface area contributed by atoms with Gasteiger partial charge in [0.1, 0.15) is 5.82 Å². The Morgan fingerprint density at radius 3 is 2.83 bits per heavy atom. The first-order valence-corrected chi connectivity index (χ1v) is 6.88. The molecule has 1 aliphatic heterocycles. The van der Waals surface area contributed by atoms with Gasteiger partial charge in [0.05, 0.1) is 0 Å². The molecular formula is C15H23FN2. The lowest BCUT2D eigenvalue weighted by atomic mass is 10.0. The van der Waals surface area contributed by atoms with Crippen LogP contribution in [0, 0.1) is 5.82 Å². The highest BCUT2D eigenvalue weighted by molar-refractivity contribution is 5.21. The van der Waals surface area contributed by atoms with Gasteiger partial charge in [0.15, 0.2) is 0 Å². The molecule has 1 fully saturated rings. The van der Waals surface area contributed by atoms with Gasteiger partial charge in [-0.05, 0) is 39.4 Å². The highest BCUT2D eigenvalue weighted by Gasteiger charge is 2.23. The van der Waals surface area contributed by atoms with E-state index in [4.69, 9.17) is 0 Å². The van der Waals surface area contributed by atoms with Crippen LogP contribution in [0.3, 0.4) is 0 Å². The summed E-state index contributed by atoms with van der Waals surface area (Å²) in [4.78, 5) is 2.47. The Balaban J connectivity index is 2.07. The molecule has 2 unspecified atom stereocenters. The Hall–Kier alpha value is -0.930. The Morgan fingerprint density at radius 2 is 2.17 bits per heavy atom. The average molecular weight is 250 g/mol. The number of likely N-dealkylation sites (tertiary alicyclic amines) is 1. The minimum atomic E-state index is -0.110. The van der Waals surface area contributed by atoms with Gasteiger partial charge in [-0.15, -0.1) is 0 Å². The van der Waals surface area contributed by atoms with Crippen molar-refractivity contribution in [2.24, 2.45) is 0 Å². The van der Waals surface area contributed by atoms with Gasteiger partial charge in [-0.3, -0.25) is 4.90 Å². The predicted molar refractivity (Wildman–Crippen MR) is 73.1 cm³/mol. The number of halogens is 1. The lowest BCUT2D eigenvalue weighted by Gasteiger charge is -2.36. The molecule has 2 rings (SSSR count). The molecule has 18 heavy (non-hydrogen) atoms. The molecule has 0 radical (unpaired) electrons. The van der Waals surface area contributed by atoms with Crippen molar-refractivity contribution in [2.75, 3.05) is 20.1 Å². The van der Waals surface area contributed by atoms with E-state index in [1.165, 1.54) is 19.3 Å². The Labute approximate surface area is 109 Å². The van der Waals surface area contributed by atoms with E-state index in [2.05, 4.69) is 17.1 Å². The molecule has 2 nitrogen and oxygen atoms in total. The maximum absolute atomic E-state index is 13.8. The molecule has 1 saturated heterocycles. The molecule has 0 aliphatic carbocycles. The quantitative estimate of drug-likeness (QED) is 0.884. The van der Waals surface area contributed by atoms with Crippen LogP contribution in [0.2, 0.25) is 0 Å². The summed E-state index contributed by atoms with van der Waals surface area (Å²) in [5, 5.41) is 3.25. The average Bonchev–Trinajstić information content (AvgIpc) is 2.39. The summed E-state index contributed by atoms with van der Waals surface area (Å²) in [7, 11) is 1.91. The number of rotatable bonds is 4. The number of hydrogen-bond acceptors (Lipinski definition) is 2. The number of nitrogens with one attached hydrogen (secondary N) is 1. The molecule has 100 valence electrons. The summed E-state index contributed by atoms with van der Waals surface area (Å²) in [6, 6.07) is 7.76. The summed E-state index contributed by atoms with van der Waals surface area (Å²) < 4.78 is 13.8. The number of benzene rings is 1. The standard InChI is InChI=1S/C15H23FN2/c1-12-7-5-6-10-18(12)11-15(17-2)13-8-3-4-9-14(13)16/h3-4,8-9,12,15,17H,5-7,10-11H2,1-2H3. The first kappa shape index (κ1) is 13.5. The molecular weight excluding hydrogens is 227 g/mol. The Bertz CT molecular complexity index is 381. The van der Waals surface area contributed by atoms with Crippen LogP contribution in [0.1, 0.15) is 37.8 Å². The second-order valence-corrected chi connectivity index (χ2v) is 5.20. The van der Waals surface area contributed by atoms with Crippen LogP contribution in [-0.2, 0) is 0 Å². The monoisotopic (exact) mass is 250 g/mol.